The van der Waals surface area contributed by atoms with Crippen LogP contribution in [0.25, 0.3) is 0 Å². The molecule has 152 valence electrons. The van der Waals surface area contributed by atoms with E-state index in [1.54, 1.807) is 12.1 Å². The van der Waals surface area contributed by atoms with Gasteiger partial charge in [-0.25, -0.2) is 0 Å². The third-order valence-corrected chi connectivity index (χ3v) is 6.87. The van der Waals surface area contributed by atoms with Crippen LogP contribution in [-0.2, 0) is 4.79 Å². The second kappa shape index (κ2) is 9.72. The molecule has 0 saturated heterocycles. The summed E-state index contributed by atoms with van der Waals surface area (Å²) in [6.45, 7) is 0.484. The van der Waals surface area contributed by atoms with Crippen molar-refractivity contribution >= 4 is 34.8 Å². The fraction of sp³-hybridized carbons (Fsp3) is 0.524. The molecule has 2 N–H and O–H groups in total. The van der Waals surface area contributed by atoms with Crippen LogP contribution in [0.2, 0.25) is 4.34 Å². The second-order valence-electron chi connectivity index (χ2n) is 7.75. The number of allylic oxidation sites excluding steroid dienone is 3. The third-order valence-electron chi connectivity index (χ3n) is 5.64. The Hall–Kier alpha value is -1.63. The van der Waals surface area contributed by atoms with E-state index in [-0.39, 0.29) is 23.7 Å². The number of nitrogens with one attached hydrogen (secondary N) is 2. The number of hydrogen-bond acceptors (Lipinski definition) is 4. The van der Waals surface area contributed by atoms with E-state index in [0.29, 0.717) is 21.8 Å². The predicted octanol–water partition coefficient (Wildman–Crippen LogP) is 3.83. The van der Waals surface area contributed by atoms with E-state index in [2.05, 4.69) is 35.7 Å². The Balaban J connectivity index is 1.52. The monoisotopic (exact) mass is 421 g/mol. The predicted molar refractivity (Wildman–Crippen MR) is 115 cm³/mol. The number of halogens is 1. The molecule has 1 heterocycles. The highest BCUT2D eigenvalue weighted by Gasteiger charge is 2.28. The maximum Gasteiger partial charge on any atom is 0.261 e. The molecule has 1 atom stereocenters. The summed E-state index contributed by atoms with van der Waals surface area (Å²) >= 11 is 7.17. The highest BCUT2D eigenvalue weighted by Crippen LogP contribution is 2.28. The highest BCUT2D eigenvalue weighted by molar-refractivity contribution is 7.17. The van der Waals surface area contributed by atoms with E-state index in [0.717, 1.165) is 37.8 Å². The van der Waals surface area contributed by atoms with Gasteiger partial charge < -0.3 is 15.5 Å². The highest BCUT2D eigenvalue weighted by atomic mass is 35.5. The lowest BCUT2D eigenvalue weighted by Crippen LogP contribution is -2.40. The zero-order valence-corrected chi connectivity index (χ0v) is 18.0. The fourth-order valence-corrected chi connectivity index (χ4v) is 4.81. The summed E-state index contributed by atoms with van der Waals surface area (Å²) in [7, 11) is 4.21. The number of hydrogen-bond donors (Lipinski definition) is 2. The van der Waals surface area contributed by atoms with Crippen molar-refractivity contribution in [2.24, 2.45) is 11.8 Å². The van der Waals surface area contributed by atoms with Gasteiger partial charge >= 0.3 is 0 Å². The van der Waals surface area contributed by atoms with Crippen molar-refractivity contribution < 1.29 is 9.59 Å². The SMILES string of the molecule is CN(C)C1CCC(C(=O)NC2=CC=CCC2CNC(=O)c2ccc(Cl)s2)CC1. The summed E-state index contributed by atoms with van der Waals surface area (Å²) in [4.78, 5) is 27.9. The fourth-order valence-electron chi connectivity index (χ4n) is 3.85. The molecule has 1 unspecified atom stereocenters. The van der Waals surface area contributed by atoms with Crippen molar-refractivity contribution in [2.45, 2.75) is 38.1 Å². The Bertz CT molecular complexity index is 763. The van der Waals surface area contributed by atoms with Crippen LogP contribution in [-0.4, -0.2) is 43.4 Å². The molecule has 1 aromatic rings. The van der Waals surface area contributed by atoms with Gasteiger partial charge in [0.1, 0.15) is 0 Å². The lowest BCUT2D eigenvalue weighted by atomic mass is 9.84. The Morgan fingerprint density at radius 3 is 2.61 bits per heavy atom. The molecule has 2 amide bonds. The van der Waals surface area contributed by atoms with Crippen LogP contribution in [0.4, 0.5) is 0 Å². The summed E-state index contributed by atoms with van der Waals surface area (Å²) in [5, 5.41) is 6.10. The van der Waals surface area contributed by atoms with E-state index >= 15 is 0 Å². The first-order valence-electron chi connectivity index (χ1n) is 9.81. The molecule has 0 radical (unpaired) electrons. The van der Waals surface area contributed by atoms with Gasteiger partial charge in [0.25, 0.3) is 5.91 Å². The Morgan fingerprint density at radius 2 is 1.96 bits per heavy atom. The summed E-state index contributed by atoms with van der Waals surface area (Å²) < 4.78 is 0.600. The molecule has 7 heteroatoms. The van der Waals surface area contributed by atoms with E-state index in [1.165, 1.54) is 11.3 Å². The molecule has 0 bridgehead atoms. The van der Waals surface area contributed by atoms with Crippen LogP contribution in [0.15, 0.2) is 36.1 Å². The molecule has 2 aliphatic rings. The van der Waals surface area contributed by atoms with E-state index in [1.807, 2.05) is 12.2 Å². The first-order valence-corrected chi connectivity index (χ1v) is 11.0. The molecule has 0 aliphatic heterocycles. The summed E-state index contributed by atoms with van der Waals surface area (Å²) in [6, 6.07) is 4.03. The Morgan fingerprint density at radius 1 is 1.21 bits per heavy atom. The smallest absolute Gasteiger partial charge is 0.261 e. The molecule has 2 aliphatic carbocycles. The van der Waals surface area contributed by atoms with Gasteiger partial charge in [-0.3, -0.25) is 9.59 Å². The average Bonchev–Trinajstić information content (AvgIpc) is 3.13. The van der Waals surface area contributed by atoms with Gasteiger partial charge in [0.2, 0.25) is 5.91 Å². The van der Waals surface area contributed by atoms with Crippen molar-refractivity contribution in [3.05, 3.63) is 45.3 Å². The molecule has 1 saturated carbocycles. The largest absolute Gasteiger partial charge is 0.351 e. The molecule has 1 fully saturated rings. The lowest BCUT2D eigenvalue weighted by molar-refractivity contribution is -0.125. The normalized spacial score (nSPS) is 24.7. The van der Waals surface area contributed by atoms with Crippen molar-refractivity contribution in [1.29, 1.82) is 0 Å². The van der Waals surface area contributed by atoms with Crippen molar-refractivity contribution in [2.75, 3.05) is 20.6 Å². The minimum absolute atomic E-state index is 0.0754. The minimum Gasteiger partial charge on any atom is -0.351 e. The first kappa shape index (κ1) is 21.1. The topological polar surface area (TPSA) is 61.4 Å². The number of rotatable bonds is 6. The third kappa shape index (κ3) is 5.46. The molecular weight excluding hydrogens is 394 g/mol. The van der Waals surface area contributed by atoms with Crippen LogP contribution in [0.5, 0.6) is 0 Å². The summed E-state index contributed by atoms with van der Waals surface area (Å²) in [6.07, 6.45) is 10.8. The van der Waals surface area contributed by atoms with Crippen LogP contribution < -0.4 is 10.6 Å². The first-order chi connectivity index (χ1) is 13.4. The van der Waals surface area contributed by atoms with Gasteiger partial charge in [-0.05, 0) is 64.4 Å². The van der Waals surface area contributed by atoms with Crippen LogP contribution in [0.3, 0.4) is 0 Å². The number of thiophene rings is 1. The molecule has 3 rings (SSSR count). The standard InChI is InChI=1S/C21H28ClN3O2S/c1-25(2)16-9-7-14(8-10-16)20(26)24-17-6-4-3-5-15(17)13-23-21(27)18-11-12-19(22)28-18/h3-4,6,11-12,14-16H,5,7-10,13H2,1-2H3,(H,23,27)(H,24,26). The van der Waals surface area contributed by atoms with E-state index in [9.17, 15) is 9.59 Å². The Kier molecular flexibility index (Phi) is 7.32. The molecule has 0 spiro atoms. The molecule has 0 aromatic carbocycles. The van der Waals surface area contributed by atoms with Gasteiger partial charge in [0, 0.05) is 30.1 Å². The van der Waals surface area contributed by atoms with Crippen LogP contribution in [0.1, 0.15) is 41.8 Å². The van der Waals surface area contributed by atoms with Gasteiger partial charge in [-0.2, -0.15) is 0 Å². The van der Waals surface area contributed by atoms with Gasteiger partial charge in [0.15, 0.2) is 0 Å². The van der Waals surface area contributed by atoms with Crippen molar-refractivity contribution in [3.8, 4) is 0 Å². The zero-order chi connectivity index (χ0) is 20.1. The van der Waals surface area contributed by atoms with Crippen LogP contribution >= 0.6 is 22.9 Å². The number of amides is 2. The summed E-state index contributed by atoms with van der Waals surface area (Å²) in [5.74, 6) is 0.136. The Labute approximate surface area is 175 Å². The zero-order valence-electron chi connectivity index (χ0n) is 16.4. The van der Waals surface area contributed by atoms with Crippen molar-refractivity contribution in [3.63, 3.8) is 0 Å². The second-order valence-corrected chi connectivity index (χ2v) is 9.47. The van der Waals surface area contributed by atoms with Gasteiger partial charge in [-0.15, -0.1) is 11.3 Å². The lowest BCUT2D eigenvalue weighted by Gasteiger charge is -2.32. The maximum absolute atomic E-state index is 12.8. The van der Waals surface area contributed by atoms with Gasteiger partial charge in [0.05, 0.1) is 9.21 Å². The minimum atomic E-state index is -0.126. The maximum atomic E-state index is 12.8. The molecule has 1 aromatic heterocycles. The average molecular weight is 422 g/mol. The molecular formula is C21H28ClN3O2S. The molecule has 28 heavy (non-hydrogen) atoms. The van der Waals surface area contributed by atoms with E-state index < -0.39 is 0 Å². The number of carbonyl (C=O) groups excluding carboxylic acids is 2. The molecule has 5 nitrogen and oxygen atoms in total. The van der Waals surface area contributed by atoms with E-state index in [4.69, 9.17) is 11.6 Å². The summed E-state index contributed by atoms with van der Waals surface area (Å²) in [5.41, 5.74) is 0.895. The number of nitrogens with zero attached hydrogens (tertiary/aromatic N) is 1. The van der Waals surface area contributed by atoms with Gasteiger partial charge in [-0.1, -0.05) is 23.8 Å². The van der Waals surface area contributed by atoms with Crippen molar-refractivity contribution in [1.82, 2.24) is 15.5 Å². The van der Waals surface area contributed by atoms with Crippen LogP contribution in [0, 0.1) is 11.8 Å². The quantitative estimate of drug-likeness (QED) is 0.733. The number of carbonyl (C=O) groups is 2.